The van der Waals surface area contributed by atoms with Crippen LogP contribution in [0.15, 0.2) is 47.1 Å². The van der Waals surface area contributed by atoms with Gasteiger partial charge < -0.3 is 15.2 Å². The second kappa shape index (κ2) is 6.53. The van der Waals surface area contributed by atoms with Gasteiger partial charge in [0.05, 0.1) is 16.6 Å². The fraction of sp³-hybridized carbons (Fsp3) is 0.350. The maximum Gasteiger partial charge on any atom is 0.257 e. The zero-order valence-corrected chi connectivity index (χ0v) is 14.9. The number of aromatic nitrogens is 2. The lowest BCUT2D eigenvalue weighted by Crippen LogP contribution is -2.32. The van der Waals surface area contributed by atoms with Crippen molar-refractivity contribution in [3.05, 3.63) is 59.4 Å². The number of likely N-dealkylation sites (tertiary alicyclic amines) is 1. The molecule has 6 nitrogen and oxygen atoms in total. The summed E-state index contributed by atoms with van der Waals surface area (Å²) < 4.78 is 5.26. The Bertz CT molecular complexity index is 935. The van der Waals surface area contributed by atoms with E-state index in [1.54, 1.807) is 6.20 Å². The summed E-state index contributed by atoms with van der Waals surface area (Å²) in [6, 6.07) is 11.9. The van der Waals surface area contributed by atoms with Crippen LogP contribution in [0.2, 0.25) is 0 Å². The van der Waals surface area contributed by atoms with E-state index in [2.05, 4.69) is 22.3 Å². The van der Waals surface area contributed by atoms with E-state index in [1.807, 2.05) is 43.0 Å². The van der Waals surface area contributed by atoms with Gasteiger partial charge in [0.2, 0.25) is 0 Å². The molecule has 0 spiro atoms. The smallest absolute Gasteiger partial charge is 0.257 e. The van der Waals surface area contributed by atoms with E-state index in [-0.39, 0.29) is 23.8 Å². The van der Waals surface area contributed by atoms with Gasteiger partial charge in [0.25, 0.3) is 11.6 Å². The Balaban J connectivity index is 1.60. The van der Waals surface area contributed by atoms with Crippen LogP contribution in [0.3, 0.4) is 0 Å². The lowest BCUT2D eigenvalue weighted by molar-refractivity contribution is 0.0789. The van der Waals surface area contributed by atoms with Crippen molar-refractivity contribution in [2.45, 2.75) is 31.7 Å². The summed E-state index contributed by atoms with van der Waals surface area (Å²) in [5.41, 5.74) is 9.32. The number of carbonyl (C=O) groups excluding carboxylic acids is 1. The molecule has 1 aromatic carbocycles. The third-order valence-electron chi connectivity index (χ3n) is 5.03. The predicted molar refractivity (Wildman–Crippen MR) is 99.0 cm³/mol. The van der Waals surface area contributed by atoms with E-state index >= 15 is 0 Å². The van der Waals surface area contributed by atoms with Crippen molar-refractivity contribution in [1.29, 1.82) is 0 Å². The van der Waals surface area contributed by atoms with Crippen LogP contribution in [0.1, 0.15) is 47.3 Å². The Kier molecular flexibility index (Phi) is 4.20. The topological polar surface area (TPSA) is 85.2 Å². The molecular weight excluding hydrogens is 328 g/mol. The van der Waals surface area contributed by atoms with Gasteiger partial charge in [-0.05, 0) is 17.5 Å². The average molecular weight is 350 g/mol. The Hall–Kier alpha value is -2.73. The van der Waals surface area contributed by atoms with Crippen LogP contribution >= 0.6 is 0 Å². The predicted octanol–water partition coefficient (Wildman–Crippen LogP) is 2.91. The van der Waals surface area contributed by atoms with Gasteiger partial charge in [-0.2, -0.15) is 0 Å². The SMILES string of the molecule is CC(C)c1noc2ncc(C(=O)N3C[C@@H](N)[C@H](c4ccccc4)C3)cc12. The highest BCUT2D eigenvalue weighted by Crippen LogP contribution is 2.29. The van der Waals surface area contributed by atoms with E-state index in [9.17, 15) is 4.79 Å². The van der Waals surface area contributed by atoms with Crippen LogP contribution < -0.4 is 5.73 Å². The number of pyridine rings is 1. The first-order valence-electron chi connectivity index (χ1n) is 8.89. The summed E-state index contributed by atoms with van der Waals surface area (Å²) in [7, 11) is 0. The molecule has 1 aliphatic rings. The highest BCUT2D eigenvalue weighted by atomic mass is 16.5. The van der Waals surface area contributed by atoms with E-state index in [0.29, 0.717) is 24.4 Å². The molecule has 0 saturated carbocycles. The number of fused-ring (bicyclic) bond motifs is 1. The monoisotopic (exact) mass is 350 g/mol. The lowest BCUT2D eigenvalue weighted by atomic mass is 9.95. The molecule has 1 saturated heterocycles. The number of benzene rings is 1. The molecule has 0 aliphatic carbocycles. The molecule has 2 aromatic heterocycles. The molecule has 2 N–H and O–H groups in total. The van der Waals surface area contributed by atoms with Crippen LogP contribution in [0, 0.1) is 0 Å². The molecular formula is C20H22N4O2. The van der Waals surface area contributed by atoms with Crippen LogP contribution in [0.25, 0.3) is 11.1 Å². The van der Waals surface area contributed by atoms with Crippen LogP contribution in [0.5, 0.6) is 0 Å². The summed E-state index contributed by atoms with van der Waals surface area (Å²) >= 11 is 0. The van der Waals surface area contributed by atoms with Gasteiger partial charge in [-0.25, -0.2) is 4.98 Å². The van der Waals surface area contributed by atoms with Crippen molar-refractivity contribution in [2.24, 2.45) is 5.73 Å². The molecule has 1 amide bonds. The summed E-state index contributed by atoms with van der Waals surface area (Å²) in [5.74, 6) is 0.300. The van der Waals surface area contributed by atoms with E-state index in [4.69, 9.17) is 10.3 Å². The van der Waals surface area contributed by atoms with Gasteiger partial charge in [-0.3, -0.25) is 4.79 Å². The molecule has 4 rings (SSSR count). The van der Waals surface area contributed by atoms with Gasteiger partial charge in [-0.1, -0.05) is 49.3 Å². The number of amides is 1. The Labute approximate surface area is 152 Å². The third kappa shape index (κ3) is 2.86. The molecule has 1 aliphatic heterocycles. The normalized spacial score (nSPS) is 20.2. The molecule has 134 valence electrons. The first-order chi connectivity index (χ1) is 12.5. The minimum atomic E-state index is -0.0696. The van der Waals surface area contributed by atoms with Crippen molar-refractivity contribution in [3.8, 4) is 0 Å². The summed E-state index contributed by atoms with van der Waals surface area (Å²) in [6.07, 6.45) is 1.56. The molecule has 0 unspecified atom stereocenters. The van der Waals surface area contributed by atoms with Gasteiger partial charge >= 0.3 is 0 Å². The number of nitrogens with two attached hydrogens (primary N) is 1. The highest BCUT2D eigenvalue weighted by Gasteiger charge is 2.34. The Morgan fingerprint density at radius 2 is 2.04 bits per heavy atom. The minimum Gasteiger partial charge on any atom is -0.336 e. The van der Waals surface area contributed by atoms with Crippen molar-refractivity contribution < 1.29 is 9.32 Å². The fourth-order valence-electron chi connectivity index (χ4n) is 3.61. The van der Waals surface area contributed by atoms with Crippen molar-refractivity contribution in [1.82, 2.24) is 15.0 Å². The number of rotatable bonds is 3. The summed E-state index contributed by atoms with van der Waals surface area (Å²) in [6.45, 7) is 5.23. The van der Waals surface area contributed by atoms with Gasteiger partial charge in [0.15, 0.2) is 0 Å². The lowest BCUT2D eigenvalue weighted by Gasteiger charge is -2.16. The van der Waals surface area contributed by atoms with Gasteiger partial charge in [0.1, 0.15) is 0 Å². The molecule has 26 heavy (non-hydrogen) atoms. The van der Waals surface area contributed by atoms with Crippen LogP contribution in [-0.2, 0) is 0 Å². The van der Waals surface area contributed by atoms with Crippen molar-refractivity contribution in [2.75, 3.05) is 13.1 Å². The zero-order chi connectivity index (χ0) is 18.3. The minimum absolute atomic E-state index is 0.0517. The molecule has 0 bridgehead atoms. The third-order valence-corrected chi connectivity index (χ3v) is 5.03. The second-order valence-corrected chi connectivity index (χ2v) is 7.19. The summed E-state index contributed by atoms with van der Waals surface area (Å²) in [4.78, 5) is 19.1. The molecule has 1 fully saturated rings. The molecule has 2 atom stereocenters. The number of hydrogen-bond donors (Lipinski definition) is 1. The maximum atomic E-state index is 13.0. The number of carbonyl (C=O) groups is 1. The van der Waals surface area contributed by atoms with E-state index in [0.717, 1.165) is 11.1 Å². The van der Waals surface area contributed by atoms with Gasteiger partial charge in [-0.15, -0.1) is 0 Å². The first kappa shape index (κ1) is 16.7. The van der Waals surface area contributed by atoms with Crippen molar-refractivity contribution in [3.63, 3.8) is 0 Å². The zero-order valence-electron chi connectivity index (χ0n) is 14.9. The fourth-order valence-corrected chi connectivity index (χ4v) is 3.61. The quantitative estimate of drug-likeness (QED) is 0.785. The van der Waals surface area contributed by atoms with E-state index < -0.39 is 0 Å². The van der Waals surface area contributed by atoms with Crippen LogP contribution in [0.4, 0.5) is 0 Å². The van der Waals surface area contributed by atoms with Crippen molar-refractivity contribution >= 4 is 17.0 Å². The molecule has 3 heterocycles. The largest absolute Gasteiger partial charge is 0.336 e. The first-order valence-corrected chi connectivity index (χ1v) is 8.89. The number of hydrogen-bond acceptors (Lipinski definition) is 5. The maximum absolute atomic E-state index is 13.0. The molecule has 6 heteroatoms. The standard InChI is InChI=1S/C20H22N4O2/c1-12(2)18-15-8-14(9-22-19(15)26-23-18)20(25)24-10-16(17(21)11-24)13-6-4-3-5-7-13/h3-9,12,16-17H,10-11,21H2,1-2H3/t16-,17+/m0/s1. The Morgan fingerprint density at radius 1 is 1.27 bits per heavy atom. The summed E-state index contributed by atoms with van der Waals surface area (Å²) in [5, 5.41) is 4.87. The second-order valence-electron chi connectivity index (χ2n) is 7.19. The number of nitrogens with zero attached hydrogens (tertiary/aromatic N) is 3. The molecule has 3 aromatic rings. The highest BCUT2D eigenvalue weighted by molar-refractivity contribution is 5.97. The Morgan fingerprint density at radius 3 is 2.77 bits per heavy atom. The van der Waals surface area contributed by atoms with E-state index in [1.165, 1.54) is 5.56 Å². The molecule has 0 radical (unpaired) electrons. The van der Waals surface area contributed by atoms with Crippen LogP contribution in [-0.4, -0.2) is 40.1 Å². The van der Waals surface area contributed by atoms with Gasteiger partial charge in [0, 0.05) is 31.2 Å². The average Bonchev–Trinajstić information content (AvgIpc) is 3.25.